The summed E-state index contributed by atoms with van der Waals surface area (Å²) in [5.41, 5.74) is 1.35. The zero-order valence-corrected chi connectivity index (χ0v) is 9.97. The number of carbonyl (C=O) groups excluding carboxylic acids is 1. The van der Waals surface area contributed by atoms with Crippen LogP contribution < -0.4 is 0 Å². The Balaban J connectivity index is 0.000000221. The van der Waals surface area contributed by atoms with Gasteiger partial charge in [-0.3, -0.25) is 4.79 Å². The molecule has 2 nitrogen and oxygen atoms in total. The summed E-state index contributed by atoms with van der Waals surface area (Å²) in [6, 6.07) is 14.8. The van der Waals surface area contributed by atoms with E-state index in [1.165, 1.54) is 21.2 Å². The number of hydrogen-bond donors (Lipinski definition) is 0. The number of rotatable bonds is 1. The average molecular weight is 215 g/mol. The fourth-order valence-corrected chi connectivity index (χ4v) is 1.39. The van der Waals surface area contributed by atoms with Crippen LogP contribution in [0.5, 0.6) is 0 Å². The van der Waals surface area contributed by atoms with Crippen molar-refractivity contribution >= 4 is 17.2 Å². The first-order chi connectivity index (χ1) is 7.65. The van der Waals surface area contributed by atoms with Gasteiger partial charge in [-0.25, -0.2) is 0 Å². The highest BCUT2D eigenvalue weighted by Crippen LogP contribution is 2.16. The third kappa shape index (κ3) is 3.39. The first-order valence-electron chi connectivity index (χ1n) is 5.21. The first kappa shape index (κ1) is 12.2. The molecule has 16 heavy (non-hydrogen) atoms. The molecule has 2 aromatic rings. The molecule has 2 aromatic carbocycles. The zero-order chi connectivity index (χ0) is 12.0. The number of amides is 1. The van der Waals surface area contributed by atoms with Crippen LogP contribution in [0, 0.1) is 6.92 Å². The first-order valence-corrected chi connectivity index (χ1v) is 5.21. The van der Waals surface area contributed by atoms with Gasteiger partial charge in [0.05, 0.1) is 0 Å². The maximum Gasteiger partial charge on any atom is 0.209 e. The summed E-state index contributed by atoms with van der Waals surface area (Å²) < 4.78 is 0. The Labute approximate surface area is 96.5 Å². The molecule has 84 valence electrons. The molecule has 0 radical (unpaired) electrons. The summed E-state index contributed by atoms with van der Waals surface area (Å²) >= 11 is 0. The standard InChI is InChI=1S/C11H10.C3H7NO/c1-9-5-4-7-10-6-2-3-8-11(9)10;1-4(2)3-5/h2-8H,1H3;3H,1-2H3. The summed E-state index contributed by atoms with van der Waals surface area (Å²) in [5, 5.41) is 2.68. The van der Waals surface area contributed by atoms with Crippen LogP contribution >= 0.6 is 0 Å². The number of fused-ring (bicyclic) bond motifs is 1. The van der Waals surface area contributed by atoms with Gasteiger partial charge < -0.3 is 4.90 Å². The Kier molecular flexibility index (Phi) is 4.52. The topological polar surface area (TPSA) is 20.3 Å². The highest BCUT2D eigenvalue weighted by Gasteiger charge is 1.92. The Hall–Kier alpha value is -1.83. The van der Waals surface area contributed by atoms with Crippen molar-refractivity contribution < 1.29 is 4.79 Å². The zero-order valence-electron chi connectivity index (χ0n) is 9.97. The number of nitrogens with zero attached hydrogens (tertiary/aromatic N) is 1. The van der Waals surface area contributed by atoms with Crippen molar-refractivity contribution in [2.75, 3.05) is 14.1 Å². The van der Waals surface area contributed by atoms with Gasteiger partial charge in [0.1, 0.15) is 0 Å². The summed E-state index contributed by atoms with van der Waals surface area (Å²) in [5.74, 6) is 0. The monoisotopic (exact) mass is 215 g/mol. The molecule has 0 bridgehead atoms. The minimum absolute atomic E-state index is 0.750. The van der Waals surface area contributed by atoms with E-state index < -0.39 is 0 Å². The third-order valence-corrected chi connectivity index (χ3v) is 2.22. The summed E-state index contributed by atoms with van der Waals surface area (Å²) in [6.45, 7) is 2.14. The van der Waals surface area contributed by atoms with Crippen molar-refractivity contribution in [2.45, 2.75) is 6.92 Å². The molecule has 0 aliphatic carbocycles. The van der Waals surface area contributed by atoms with E-state index in [1.807, 2.05) is 0 Å². The molecule has 0 heterocycles. The second-order valence-electron chi connectivity index (χ2n) is 3.87. The second kappa shape index (κ2) is 5.91. The van der Waals surface area contributed by atoms with E-state index in [9.17, 15) is 4.79 Å². The van der Waals surface area contributed by atoms with Crippen LogP contribution in [0.15, 0.2) is 42.5 Å². The maximum atomic E-state index is 9.43. The summed E-state index contributed by atoms with van der Waals surface area (Å²) in [4.78, 5) is 10.9. The fraction of sp³-hybridized carbons (Fsp3) is 0.214. The SMILES string of the molecule is CN(C)C=O.Cc1cccc2ccccc12. The van der Waals surface area contributed by atoms with Gasteiger partial charge in [-0.2, -0.15) is 0 Å². The van der Waals surface area contributed by atoms with E-state index >= 15 is 0 Å². The molecule has 0 unspecified atom stereocenters. The Morgan fingerprint density at radius 2 is 1.56 bits per heavy atom. The molecule has 0 atom stereocenters. The van der Waals surface area contributed by atoms with Gasteiger partial charge in [0.15, 0.2) is 0 Å². The van der Waals surface area contributed by atoms with Gasteiger partial charge in [-0.15, -0.1) is 0 Å². The summed E-state index contributed by atoms with van der Waals surface area (Å²) in [6.07, 6.45) is 0.750. The Morgan fingerprint density at radius 3 is 2.12 bits per heavy atom. The third-order valence-electron chi connectivity index (χ3n) is 2.22. The van der Waals surface area contributed by atoms with Crippen molar-refractivity contribution in [3.8, 4) is 0 Å². The minimum Gasteiger partial charge on any atom is -0.351 e. The lowest BCUT2D eigenvalue weighted by molar-refractivity contribution is -0.115. The Morgan fingerprint density at radius 1 is 1.00 bits per heavy atom. The molecule has 0 N–H and O–H groups in total. The minimum atomic E-state index is 0.750. The predicted molar refractivity (Wildman–Crippen MR) is 68.4 cm³/mol. The Bertz CT molecular complexity index is 458. The molecule has 0 saturated carbocycles. The van der Waals surface area contributed by atoms with Crippen LogP contribution in [0.4, 0.5) is 0 Å². The molecule has 0 fully saturated rings. The van der Waals surface area contributed by atoms with Crippen LogP contribution in [0.25, 0.3) is 10.8 Å². The van der Waals surface area contributed by atoms with Crippen LogP contribution in [0.1, 0.15) is 5.56 Å². The predicted octanol–water partition coefficient (Wildman–Crippen LogP) is 2.85. The smallest absolute Gasteiger partial charge is 0.209 e. The molecule has 1 amide bonds. The van der Waals surface area contributed by atoms with Crippen LogP contribution in [-0.2, 0) is 4.79 Å². The number of aryl methyl sites for hydroxylation is 1. The number of benzene rings is 2. The molecule has 0 aromatic heterocycles. The molecular weight excluding hydrogens is 198 g/mol. The fourth-order valence-electron chi connectivity index (χ4n) is 1.39. The van der Waals surface area contributed by atoms with Crippen molar-refractivity contribution in [1.82, 2.24) is 4.90 Å². The second-order valence-corrected chi connectivity index (χ2v) is 3.87. The van der Waals surface area contributed by atoms with Crippen molar-refractivity contribution in [1.29, 1.82) is 0 Å². The van der Waals surface area contributed by atoms with Gasteiger partial charge in [0.25, 0.3) is 0 Å². The lowest BCUT2D eigenvalue weighted by atomic mass is 10.1. The van der Waals surface area contributed by atoms with Gasteiger partial charge in [0, 0.05) is 14.1 Å². The van der Waals surface area contributed by atoms with E-state index in [-0.39, 0.29) is 0 Å². The maximum absolute atomic E-state index is 9.43. The van der Waals surface area contributed by atoms with Crippen molar-refractivity contribution in [3.63, 3.8) is 0 Å². The quantitative estimate of drug-likeness (QED) is 0.670. The molecule has 0 aliphatic heterocycles. The molecule has 0 aliphatic rings. The largest absolute Gasteiger partial charge is 0.351 e. The van der Waals surface area contributed by atoms with Gasteiger partial charge >= 0.3 is 0 Å². The van der Waals surface area contributed by atoms with Crippen molar-refractivity contribution in [2.24, 2.45) is 0 Å². The number of hydrogen-bond acceptors (Lipinski definition) is 1. The van der Waals surface area contributed by atoms with E-state index in [2.05, 4.69) is 49.4 Å². The van der Waals surface area contributed by atoms with E-state index in [0.29, 0.717) is 0 Å². The van der Waals surface area contributed by atoms with Crippen molar-refractivity contribution in [3.05, 3.63) is 48.0 Å². The van der Waals surface area contributed by atoms with Crippen LogP contribution in [-0.4, -0.2) is 25.4 Å². The molecule has 0 spiro atoms. The van der Waals surface area contributed by atoms with E-state index in [4.69, 9.17) is 0 Å². The molecule has 2 heteroatoms. The lowest BCUT2D eigenvalue weighted by Crippen LogP contribution is -2.06. The number of carbonyl (C=O) groups is 1. The molecule has 0 saturated heterocycles. The van der Waals surface area contributed by atoms with Gasteiger partial charge in [-0.1, -0.05) is 42.5 Å². The molecular formula is C14H17NO. The highest BCUT2D eigenvalue weighted by atomic mass is 16.1. The summed E-state index contributed by atoms with van der Waals surface area (Å²) in [7, 11) is 3.38. The van der Waals surface area contributed by atoms with Gasteiger partial charge in [0.2, 0.25) is 6.41 Å². The van der Waals surface area contributed by atoms with Gasteiger partial charge in [-0.05, 0) is 23.3 Å². The van der Waals surface area contributed by atoms with Crippen LogP contribution in [0.3, 0.4) is 0 Å². The average Bonchev–Trinajstić information content (AvgIpc) is 2.30. The normalized spacial score (nSPS) is 9.19. The van der Waals surface area contributed by atoms with E-state index in [1.54, 1.807) is 14.1 Å². The van der Waals surface area contributed by atoms with Crippen LogP contribution in [0.2, 0.25) is 0 Å². The van der Waals surface area contributed by atoms with E-state index in [0.717, 1.165) is 6.41 Å². The molecule has 2 rings (SSSR count). The highest BCUT2D eigenvalue weighted by molar-refractivity contribution is 5.85. The lowest BCUT2D eigenvalue weighted by Gasteiger charge is -1.98.